The average Bonchev–Trinajstić information content (AvgIpc) is 2.65. The van der Waals surface area contributed by atoms with Crippen LogP contribution in [0.15, 0.2) is 65.6 Å². The van der Waals surface area contributed by atoms with E-state index in [1.54, 1.807) is 0 Å². The molecule has 0 aliphatic heterocycles. The van der Waals surface area contributed by atoms with Crippen LogP contribution < -0.4 is 10.2 Å². The van der Waals surface area contributed by atoms with Gasteiger partial charge in [0.2, 0.25) is 5.91 Å². The molecule has 3 aromatic rings. The molecule has 0 saturated carbocycles. The van der Waals surface area contributed by atoms with Gasteiger partial charge in [0.05, 0.1) is 19.8 Å². The van der Waals surface area contributed by atoms with Gasteiger partial charge in [-0.3, -0.25) is 4.79 Å². The van der Waals surface area contributed by atoms with Crippen LogP contribution in [0.2, 0.25) is 5.02 Å². The van der Waals surface area contributed by atoms with Crippen LogP contribution in [0.1, 0.15) is 11.1 Å². The first kappa shape index (κ1) is 19.7. The predicted molar refractivity (Wildman–Crippen MR) is 114 cm³/mol. The molecule has 3 nitrogen and oxygen atoms in total. The van der Waals surface area contributed by atoms with Gasteiger partial charge in [-0.1, -0.05) is 60.1 Å². The second-order valence-corrected chi connectivity index (χ2v) is 8.28. The summed E-state index contributed by atoms with van der Waals surface area (Å²) in [6.07, 6.45) is 0. The maximum atomic E-state index is 12.3. The van der Waals surface area contributed by atoms with Gasteiger partial charge >= 0.3 is 0 Å². The van der Waals surface area contributed by atoms with Crippen molar-refractivity contribution in [3.8, 4) is 0 Å². The Kier molecular flexibility index (Phi) is 6.78. The fourth-order valence-electron chi connectivity index (χ4n) is 2.96. The molecule has 2 N–H and O–H groups in total. The average molecular weight is 400 g/mol. The van der Waals surface area contributed by atoms with E-state index in [0.29, 0.717) is 12.3 Å². The highest BCUT2D eigenvalue weighted by atomic mass is 35.5. The van der Waals surface area contributed by atoms with Crippen LogP contribution in [0.25, 0.3) is 10.8 Å². The van der Waals surface area contributed by atoms with Gasteiger partial charge in [-0.2, -0.15) is 0 Å². The second kappa shape index (κ2) is 9.27. The number of amides is 1. The third kappa shape index (κ3) is 5.48. The number of fused-ring (bicyclic) bond motifs is 1. The molecule has 3 rings (SSSR count). The highest BCUT2D eigenvalue weighted by molar-refractivity contribution is 8.00. The highest BCUT2D eigenvalue weighted by Gasteiger charge is 2.08. The molecule has 0 aliphatic rings. The summed E-state index contributed by atoms with van der Waals surface area (Å²) >= 11 is 7.86. The number of carbonyl (C=O) groups excluding carboxylic acids is 1. The summed E-state index contributed by atoms with van der Waals surface area (Å²) in [5, 5.41) is 5.81. The van der Waals surface area contributed by atoms with Gasteiger partial charge in [0, 0.05) is 27.4 Å². The summed E-state index contributed by atoms with van der Waals surface area (Å²) in [7, 11) is 4.27. The number of thioether (sulfide) groups is 1. The number of benzene rings is 3. The number of carbonyl (C=O) groups is 1. The molecule has 0 bridgehead atoms. The molecule has 0 fully saturated rings. The van der Waals surface area contributed by atoms with Crippen molar-refractivity contribution < 1.29 is 9.69 Å². The van der Waals surface area contributed by atoms with Crippen LogP contribution in [0.5, 0.6) is 0 Å². The summed E-state index contributed by atoms with van der Waals surface area (Å²) in [5.74, 6) is 0.387. The van der Waals surface area contributed by atoms with Gasteiger partial charge in [-0.15, -0.1) is 11.8 Å². The van der Waals surface area contributed by atoms with Crippen LogP contribution >= 0.6 is 23.4 Å². The molecule has 1 amide bonds. The number of rotatable bonds is 7. The molecular formula is C22H24ClN2OS+. The molecule has 140 valence electrons. The van der Waals surface area contributed by atoms with E-state index in [0.717, 1.165) is 32.8 Å². The molecule has 3 aromatic carbocycles. The van der Waals surface area contributed by atoms with Gasteiger partial charge in [0.15, 0.2) is 0 Å². The van der Waals surface area contributed by atoms with E-state index in [2.05, 4.69) is 43.7 Å². The van der Waals surface area contributed by atoms with Crippen molar-refractivity contribution in [2.45, 2.75) is 18.0 Å². The topological polar surface area (TPSA) is 33.5 Å². The fourth-order valence-corrected chi connectivity index (χ4v) is 4.24. The second-order valence-electron chi connectivity index (χ2n) is 6.86. The van der Waals surface area contributed by atoms with Gasteiger partial charge in [0.25, 0.3) is 0 Å². The smallest absolute Gasteiger partial charge is 0.230 e. The van der Waals surface area contributed by atoms with Crippen molar-refractivity contribution in [2.75, 3.05) is 19.8 Å². The molecule has 0 radical (unpaired) electrons. The van der Waals surface area contributed by atoms with E-state index in [4.69, 9.17) is 11.6 Å². The molecule has 0 aliphatic carbocycles. The number of nitrogens with one attached hydrogen (secondary N) is 2. The fraction of sp³-hybridized carbons (Fsp3) is 0.227. The Balaban J connectivity index is 1.55. The Labute approximate surface area is 169 Å². The maximum Gasteiger partial charge on any atom is 0.230 e. The predicted octanol–water partition coefficient (Wildman–Crippen LogP) is 3.55. The first-order chi connectivity index (χ1) is 13.0. The number of halogens is 1. The van der Waals surface area contributed by atoms with Crippen LogP contribution in [-0.4, -0.2) is 25.8 Å². The summed E-state index contributed by atoms with van der Waals surface area (Å²) in [6.45, 7) is 1.54. The third-order valence-corrected chi connectivity index (χ3v) is 5.62. The SMILES string of the molecule is C[NH+](C)Cc1ccc(CNC(=O)CSc2cccc3cccc(Cl)c23)cc1. The zero-order valence-electron chi connectivity index (χ0n) is 15.6. The van der Waals surface area contributed by atoms with Crippen LogP contribution in [0.4, 0.5) is 0 Å². The third-order valence-electron chi connectivity index (χ3n) is 4.24. The van der Waals surface area contributed by atoms with Crippen molar-refractivity contribution in [2.24, 2.45) is 0 Å². The molecular weight excluding hydrogens is 376 g/mol. The van der Waals surface area contributed by atoms with Gasteiger partial charge < -0.3 is 10.2 Å². The van der Waals surface area contributed by atoms with Crippen molar-refractivity contribution >= 4 is 40.0 Å². The van der Waals surface area contributed by atoms with E-state index >= 15 is 0 Å². The van der Waals surface area contributed by atoms with Gasteiger partial charge in [-0.05, 0) is 23.1 Å². The first-order valence-electron chi connectivity index (χ1n) is 8.96. The Hall–Kier alpha value is -2.01. The lowest BCUT2D eigenvalue weighted by Crippen LogP contribution is -3.04. The molecule has 0 aromatic heterocycles. The maximum absolute atomic E-state index is 12.3. The quantitative estimate of drug-likeness (QED) is 0.596. The highest BCUT2D eigenvalue weighted by Crippen LogP contribution is 2.33. The zero-order valence-corrected chi connectivity index (χ0v) is 17.2. The van der Waals surface area contributed by atoms with E-state index in [1.165, 1.54) is 22.2 Å². The summed E-state index contributed by atoms with van der Waals surface area (Å²) < 4.78 is 0. The molecule has 0 saturated heterocycles. The Morgan fingerprint density at radius 2 is 1.67 bits per heavy atom. The lowest BCUT2D eigenvalue weighted by atomic mass is 10.1. The van der Waals surface area contributed by atoms with Crippen LogP contribution in [-0.2, 0) is 17.9 Å². The Morgan fingerprint density at radius 3 is 2.37 bits per heavy atom. The monoisotopic (exact) mass is 399 g/mol. The minimum absolute atomic E-state index is 0.0193. The number of quaternary nitrogens is 1. The van der Waals surface area contributed by atoms with Gasteiger partial charge in [-0.25, -0.2) is 0 Å². The van der Waals surface area contributed by atoms with Crippen molar-refractivity contribution in [1.82, 2.24) is 5.32 Å². The van der Waals surface area contributed by atoms with E-state index in [9.17, 15) is 4.79 Å². The minimum Gasteiger partial charge on any atom is -0.351 e. The van der Waals surface area contributed by atoms with Crippen molar-refractivity contribution in [3.63, 3.8) is 0 Å². The first-order valence-corrected chi connectivity index (χ1v) is 10.3. The summed E-state index contributed by atoms with van der Waals surface area (Å²) in [5.41, 5.74) is 2.41. The normalized spacial score (nSPS) is 11.1. The minimum atomic E-state index is 0.0193. The molecule has 0 spiro atoms. The Bertz CT molecular complexity index is 920. The molecule has 0 unspecified atom stereocenters. The van der Waals surface area contributed by atoms with E-state index in [1.807, 2.05) is 36.4 Å². The standard InChI is InChI=1S/C22H23ClN2OS/c1-25(2)14-17-11-9-16(10-12-17)13-24-21(26)15-27-20-8-4-6-18-5-3-7-19(23)22(18)20/h3-12H,13-15H2,1-2H3,(H,24,26)/p+1. The molecule has 0 atom stereocenters. The van der Waals surface area contributed by atoms with E-state index < -0.39 is 0 Å². The lowest BCUT2D eigenvalue weighted by Gasteiger charge is -2.10. The summed E-state index contributed by atoms with van der Waals surface area (Å²) in [6, 6.07) is 20.3. The largest absolute Gasteiger partial charge is 0.351 e. The number of hydrogen-bond donors (Lipinski definition) is 2. The van der Waals surface area contributed by atoms with Crippen molar-refractivity contribution in [3.05, 3.63) is 76.8 Å². The zero-order chi connectivity index (χ0) is 19.2. The van der Waals surface area contributed by atoms with Crippen LogP contribution in [0.3, 0.4) is 0 Å². The summed E-state index contributed by atoms with van der Waals surface area (Å²) in [4.78, 5) is 14.7. The van der Waals surface area contributed by atoms with Crippen molar-refractivity contribution in [1.29, 1.82) is 0 Å². The Morgan fingerprint density at radius 1 is 1.00 bits per heavy atom. The van der Waals surface area contributed by atoms with E-state index in [-0.39, 0.29) is 5.91 Å². The number of hydrogen-bond acceptors (Lipinski definition) is 2. The molecule has 0 heterocycles. The molecule has 27 heavy (non-hydrogen) atoms. The van der Waals surface area contributed by atoms with Gasteiger partial charge in [0.1, 0.15) is 6.54 Å². The van der Waals surface area contributed by atoms with Crippen LogP contribution in [0, 0.1) is 0 Å². The molecule has 5 heteroatoms. The lowest BCUT2D eigenvalue weighted by molar-refractivity contribution is -0.872.